The number of benzene rings is 2. The maximum atomic E-state index is 2.36. The number of rotatable bonds is 2. The predicted octanol–water partition coefficient (Wildman–Crippen LogP) is 6.05. The molecule has 0 aliphatic heterocycles. The van der Waals surface area contributed by atoms with Gasteiger partial charge in [0, 0.05) is 0 Å². The SMILES string of the molecule is CC1=CC=C(CC2Cc3ccccc3-c3ccccc32)CC1. The van der Waals surface area contributed by atoms with E-state index in [-0.39, 0.29) is 0 Å². The average molecular weight is 286 g/mol. The van der Waals surface area contributed by atoms with Crippen LogP contribution in [0.4, 0.5) is 0 Å². The summed E-state index contributed by atoms with van der Waals surface area (Å²) >= 11 is 0. The van der Waals surface area contributed by atoms with Crippen LogP contribution in [0.2, 0.25) is 0 Å². The first kappa shape index (κ1) is 13.6. The quantitative estimate of drug-likeness (QED) is 0.630. The molecule has 0 saturated heterocycles. The van der Waals surface area contributed by atoms with Crippen molar-refractivity contribution in [3.05, 3.63) is 83.0 Å². The van der Waals surface area contributed by atoms with Gasteiger partial charge in [-0.15, -0.1) is 0 Å². The fraction of sp³-hybridized carbons (Fsp3) is 0.273. The van der Waals surface area contributed by atoms with Crippen LogP contribution in [0.25, 0.3) is 11.1 Å². The third-order valence-electron chi connectivity index (χ3n) is 5.13. The fourth-order valence-electron chi connectivity index (χ4n) is 3.89. The van der Waals surface area contributed by atoms with Crippen molar-refractivity contribution < 1.29 is 0 Å². The van der Waals surface area contributed by atoms with Crippen LogP contribution < -0.4 is 0 Å². The maximum Gasteiger partial charge on any atom is -0.00778 e. The van der Waals surface area contributed by atoms with Crippen molar-refractivity contribution in [3.8, 4) is 11.1 Å². The van der Waals surface area contributed by atoms with E-state index in [4.69, 9.17) is 0 Å². The molecule has 0 bridgehead atoms. The molecule has 0 aromatic heterocycles. The first-order valence-electron chi connectivity index (χ1n) is 8.33. The standard InChI is InChI=1S/C22H22/c1-16-10-12-17(13-11-16)14-19-15-18-6-2-3-7-20(18)22-9-5-4-8-21(19)22/h2-10,12,19H,11,13-15H2,1H3. The summed E-state index contributed by atoms with van der Waals surface area (Å²) in [6.07, 6.45) is 9.52. The van der Waals surface area contributed by atoms with E-state index in [1.807, 2.05) is 0 Å². The van der Waals surface area contributed by atoms with Gasteiger partial charge in [0.2, 0.25) is 0 Å². The van der Waals surface area contributed by atoms with Gasteiger partial charge in [0.25, 0.3) is 0 Å². The lowest BCUT2D eigenvalue weighted by Crippen LogP contribution is -2.12. The summed E-state index contributed by atoms with van der Waals surface area (Å²) < 4.78 is 0. The summed E-state index contributed by atoms with van der Waals surface area (Å²) in [7, 11) is 0. The lowest BCUT2D eigenvalue weighted by atomic mass is 9.75. The molecule has 1 atom stereocenters. The highest BCUT2D eigenvalue weighted by Crippen LogP contribution is 2.42. The molecule has 2 aliphatic carbocycles. The number of hydrogen-bond donors (Lipinski definition) is 0. The van der Waals surface area contributed by atoms with E-state index in [1.54, 1.807) is 5.57 Å². The van der Waals surface area contributed by atoms with Crippen molar-refractivity contribution in [1.29, 1.82) is 0 Å². The Morgan fingerprint density at radius 1 is 0.864 bits per heavy atom. The Hall–Kier alpha value is -2.08. The second-order valence-corrected chi connectivity index (χ2v) is 6.69. The Labute approximate surface area is 133 Å². The summed E-state index contributed by atoms with van der Waals surface area (Å²) in [5, 5.41) is 0. The van der Waals surface area contributed by atoms with Crippen LogP contribution in [0.15, 0.2) is 71.8 Å². The Balaban J connectivity index is 1.71. The molecule has 0 radical (unpaired) electrons. The minimum absolute atomic E-state index is 0.629. The number of hydrogen-bond acceptors (Lipinski definition) is 0. The van der Waals surface area contributed by atoms with E-state index in [2.05, 4.69) is 67.6 Å². The fourth-order valence-corrected chi connectivity index (χ4v) is 3.89. The van der Waals surface area contributed by atoms with Gasteiger partial charge in [0.05, 0.1) is 0 Å². The highest BCUT2D eigenvalue weighted by atomic mass is 14.3. The zero-order valence-corrected chi connectivity index (χ0v) is 13.2. The van der Waals surface area contributed by atoms with Gasteiger partial charge < -0.3 is 0 Å². The van der Waals surface area contributed by atoms with Crippen molar-refractivity contribution in [2.45, 2.75) is 38.5 Å². The molecule has 22 heavy (non-hydrogen) atoms. The molecular weight excluding hydrogens is 264 g/mol. The van der Waals surface area contributed by atoms with Crippen molar-refractivity contribution in [2.75, 3.05) is 0 Å². The summed E-state index contributed by atoms with van der Waals surface area (Å²) in [5.74, 6) is 0.629. The highest BCUT2D eigenvalue weighted by Gasteiger charge is 2.24. The van der Waals surface area contributed by atoms with Gasteiger partial charge in [0.15, 0.2) is 0 Å². The third-order valence-corrected chi connectivity index (χ3v) is 5.13. The molecular formula is C22H22. The Kier molecular flexibility index (Phi) is 3.46. The van der Waals surface area contributed by atoms with Crippen molar-refractivity contribution in [2.24, 2.45) is 0 Å². The second-order valence-electron chi connectivity index (χ2n) is 6.69. The van der Waals surface area contributed by atoms with Crippen LogP contribution in [-0.4, -0.2) is 0 Å². The van der Waals surface area contributed by atoms with E-state index in [0.717, 1.165) is 0 Å². The van der Waals surface area contributed by atoms with Gasteiger partial charge in [-0.25, -0.2) is 0 Å². The average Bonchev–Trinajstić information content (AvgIpc) is 2.57. The first-order valence-corrected chi connectivity index (χ1v) is 8.33. The van der Waals surface area contributed by atoms with Crippen molar-refractivity contribution in [3.63, 3.8) is 0 Å². The predicted molar refractivity (Wildman–Crippen MR) is 94.0 cm³/mol. The molecule has 4 rings (SSSR count). The molecule has 0 nitrogen and oxygen atoms in total. The lowest BCUT2D eigenvalue weighted by molar-refractivity contribution is 0.646. The minimum atomic E-state index is 0.629. The summed E-state index contributed by atoms with van der Waals surface area (Å²) in [6, 6.07) is 17.9. The maximum absolute atomic E-state index is 2.36. The van der Waals surface area contributed by atoms with E-state index in [0.29, 0.717) is 5.92 Å². The van der Waals surface area contributed by atoms with Crippen molar-refractivity contribution in [1.82, 2.24) is 0 Å². The monoisotopic (exact) mass is 286 g/mol. The van der Waals surface area contributed by atoms with E-state index >= 15 is 0 Å². The zero-order valence-electron chi connectivity index (χ0n) is 13.2. The largest absolute Gasteiger partial charge is 0.0730 e. The van der Waals surface area contributed by atoms with Crippen LogP contribution in [0.1, 0.15) is 43.2 Å². The smallest absolute Gasteiger partial charge is 0.00778 e. The molecule has 110 valence electrons. The number of allylic oxidation sites excluding steroid dienone is 4. The van der Waals surface area contributed by atoms with Gasteiger partial charge in [0.1, 0.15) is 0 Å². The van der Waals surface area contributed by atoms with Crippen LogP contribution in [-0.2, 0) is 6.42 Å². The molecule has 2 aliphatic rings. The van der Waals surface area contributed by atoms with Gasteiger partial charge in [-0.1, -0.05) is 71.8 Å². The number of fused-ring (bicyclic) bond motifs is 3. The Morgan fingerprint density at radius 2 is 1.64 bits per heavy atom. The Morgan fingerprint density at radius 3 is 2.45 bits per heavy atom. The van der Waals surface area contributed by atoms with Gasteiger partial charge in [-0.2, -0.15) is 0 Å². The lowest BCUT2D eigenvalue weighted by Gasteiger charge is -2.29. The molecule has 2 aromatic carbocycles. The van der Waals surface area contributed by atoms with Crippen LogP contribution in [0, 0.1) is 0 Å². The molecule has 0 heterocycles. The highest BCUT2D eigenvalue weighted by molar-refractivity contribution is 5.74. The Bertz CT molecular complexity index is 761. The normalized spacial score (nSPS) is 19.8. The van der Waals surface area contributed by atoms with Gasteiger partial charge >= 0.3 is 0 Å². The van der Waals surface area contributed by atoms with E-state index < -0.39 is 0 Å². The summed E-state index contributed by atoms with van der Waals surface area (Å²) in [6.45, 7) is 2.24. The molecule has 2 aromatic rings. The molecule has 1 unspecified atom stereocenters. The molecule has 0 fully saturated rings. The van der Waals surface area contributed by atoms with Crippen LogP contribution in [0.5, 0.6) is 0 Å². The summed E-state index contributed by atoms with van der Waals surface area (Å²) in [5.41, 5.74) is 9.05. The molecule has 0 heteroatoms. The van der Waals surface area contributed by atoms with Gasteiger partial charge in [-0.3, -0.25) is 0 Å². The second kappa shape index (κ2) is 5.61. The molecule has 0 spiro atoms. The van der Waals surface area contributed by atoms with E-state index in [1.165, 1.54) is 53.5 Å². The van der Waals surface area contributed by atoms with Crippen LogP contribution in [0.3, 0.4) is 0 Å². The van der Waals surface area contributed by atoms with Crippen molar-refractivity contribution >= 4 is 0 Å². The zero-order chi connectivity index (χ0) is 14.9. The summed E-state index contributed by atoms with van der Waals surface area (Å²) in [4.78, 5) is 0. The molecule has 0 saturated carbocycles. The minimum Gasteiger partial charge on any atom is -0.0730 e. The van der Waals surface area contributed by atoms with Gasteiger partial charge in [-0.05, 0) is 60.8 Å². The topological polar surface area (TPSA) is 0 Å². The third kappa shape index (κ3) is 2.43. The first-order chi connectivity index (χ1) is 10.8. The van der Waals surface area contributed by atoms with E-state index in [9.17, 15) is 0 Å². The molecule has 0 amide bonds. The van der Waals surface area contributed by atoms with Crippen LogP contribution >= 0.6 is 0 Å². The molecule has 0 N–H and O–H groups in total.